The highest BCUT2D eigenvalue weighted by Gasteiger charge is 2.70. The topological polar surface area (TPSA) is 167 Å². The molecular formula is C24H20F2N8O3S. The number of primary amides is 1. The van der Waals surface area contributed by atoms with Crippen molar-refractivity contribution in [1.82, 2.24) is 19.9 Å². The number of amides is 1. The molecule has 6 rings (SSSR count). The van der Waals surface area contributed by atoms with E-state index < -0.39 is 33.7 Å². The number of nitrogens with zero attached hydrogens (tertiary/aromatic N) is 5. The van der Waals surface area contributed by atoms with E-state index in [1.807, 2.05) is 0 Å². The summed E-state index contributed by atoms with van der Waals surface area (Å²) in [4.78, 5) is 33.4. The summed E-state index contributed by atoms with van der Waals surface area (Å²) < 4.78 is 39.8. The molecule has 0 saturated heterocycles. The third kappa shape index (κ3) is 3.88. The Kier molecular flexibility index (Phi) is 5.45. The lowest BCUT2D eigenvalue weighted by molar-refractivity contribution is -0.118. The number of halogens is 2. The van der Waals surface area contributed by atoms with Gasteiger partial charge in [-0.1, -0.05) is 11.8 Å². The van der Waals surface area contributed by atoms with E-state index in [1.54, 1.807) is 13.0 Å². The van der Waals surface area contributed by atoms with E-state index >= 15 is 4.39 Å². The third-order valence-corrected chi connectivity index (χ3v) is 8.08. The molecule has 3 aromatic heterocycles. The number of rotatable bonds is 7. The van der Waals surface area contributed by atoms with Gasteiger partial charge in [0.15, 0.2) is 29.2 Å². The number of ether oxygens (including phenoxy) is 1. The first-order valence-electron chi connectivity index (χ1n) is 11.4. The Balaban J connectivity index is 1.32. The minimum Gasteiger partial charge on any atom is -0.482 e. The number of nitrogens with one attached hydrogen (secondary N) is 1. The molecule has 1 saturated carbocycles. The Hall–Kier alpha value is -4.33. The largest absolute Gasteiger partial charge is 0.482 e. The molecule has 38 heavy (non-hydrogen) atoms. The molecule has 1 aliphatic heterocycles. The van der Waals surface area contributed by atoms with Crippen LogP contribution in [0.15, 0.2) is 52.6 Å². The van der Waals surface area contributed by atoms with Gasteiger partial charge >= 0.3 is 0 Å². The fourth-order valence-corrected chi connectivity index (χ4v) is 6.16. The summed E-state index contributed by atoms with van der Waals surface area (Å²) >= 11 is 1.07. The normalized spacial score (nSPS) is 24.0. The lowest BCUT2D eigenvalue weighted by Crippen LogP contribution is -2.42. The molecule has 0 bridgehead atoms. The first-order chi connectivity index (χ1) is 18.2. The number of benzene rings is 1. The van der Waals surface area contributed by atoms with E-state index in [1.165, 1.54) is 31.1 Å². The Labute approximate surface area is 218 Å². The van der Waals surface area contributed by atoms with E-state index in [4.69, 9.17) is 20.6 Å². The molecule has 4 aromatic rings. The van der Waals surface area contributed by atoms with Crippen LogP contribution in [0.5, 0.6) is 5.75 Å². The van der Waals surface area contributed by atoms with Crippen molar-refractivity contribution in [3.05, 3.63) is 66.3 Å². The zero-order valence-corrected chi connectivity index (χ0v) is 20.6. The predicted octanol–water partition coefficient (Wildman–Crippen LogP) is 3.13. The molecule has 14 heteroatoms. The highest BCUT2D eigenvalue weighted by Crippen LogP contribution is 2.65. The van der Waals surface area contributed by atoms with E-state index in [-0.39, 0.29) is 28.8 Å². The summed E-state index contributed by atoms with van der Waals surface area (Å²) in [6.07, 6.45) is 6.10. The van der Waals surface area contributed by atoms with Gasteiger partial charge in [-0.3, -0.25) is 9.79 Å². The molecule has 0 unspecified atom stereocenters. The molecule has 5 N–H and O–H groups in total. The summed E-state index contributed by atoms with van der Waals surface area (Å²) in [5, 5.41) is 3.08. The lowest BCUT2D eigenvalue weighted by Gasteiger charge is -2.33. The molecular weight excluding hydrogens is 518 g/mol. The first-order valence-corrected chi connectivity index (χ1v) is 12.2. The molecule has 4 heterocycles. The zero-order valence-electron chi connectivity index (χ0n) is 19.8. The number of hydrogen-bond donors (Lipinski definition) is 3. The van der Waals surface area contributed by atoms with Gasteiger partial charge in [0.05, 0.1) is 23.4 Å². The fourth-order valence-electron chi connectivity index (χ4n) is 4.83. The van der Waals surface area contributed by atoms with Crippen LogP contribution >= 0.6 is 11.8 Å². The summed E-state index contributed by atoms with van der Waals surface area (Å²) in [6, 6.07) is 4.09. The highest BCUT2D eigenvalue weighted by molar-refractivity contribution is 8.15. The maximum absolute atomic E-state index is 15.2. The fraction of sp³-hybridized carbons (Fsp3) is 0.250. The van der Waals surface area contributed by atoms with Crippen molar-refractivity contribution in [3.63, 3.8) is 0 Å². The number of pyridine rings is 1. The second-order valence-electron chi connectivity index (χ2n) is 9.13. The van der Waals surface area contributed by atoms with Crippen LogP contribution in [0.1, 0.15) is 24.8 Å². The smallest absolute Gasteiger partial charge is 0.234 e. The van der Waals surface area contributed by atoms with Crippen LogP contribution < -0.4 is 21.5 Å². The molecule has 0 radical (unpaired) electrons. The number of thioether (sulfide) groups is 1. The number of nitrogens with two attached hydrogens (primary N) is 2. The average Bonchev–Trinajstić information content (AvgIpc) is 3.42. The van der Waals surface area contributed by atoms with Crippen molar-refractivity contribution in [2.75, 3.05) is 5.32 Å². The van der Waals surface area contributed by atoms with Crippen LogP contribution in [0.25, 0.3) is 11.0 Å². The Morgan fingerprint density at radius 2 is 2.11 bits per heavy atom. The number of aromatic nitrogens is 4. The Morgan fingerprint density at radius 3 is 2.87 bits per heavy atom. The standard InChI is InChI=1S/C24H20F2N8O3S/c1-23(16-7-24(16,21(27)35)38-22(28)34-23)13-4-11(5-14(25)18(13)26)33-20-19-15(31-10-32-20)6-12(8-30-19)37-9-17-29-2-3-36-17/h2-6,8,10,16H,7,9H2,1H3,(H2,27,35)(H2,28,34)(H,31,32,33)/t16-,23+,24-/m0/s1. The molecule has 2 aliphatic rings. The van der Waals surface area contributed by atoms with Gasteiger partial charge in [-0.05, 0) is 19.4 Å². The minimum absolute atomic E-state index is 0.0510. The number of fused-ring (bicyclic) bond motifs is 2. The van der Waals surface area contributed by atoms with Crippen LogP contribution in [0.4, 0.5) is 20.3 Å². The number of hydrogen-bond acceptors (Lipinski definition) is 11. The SMILES string of the molecule is C[C@]1(c2cc(Nc3ncnc4cc(OCc5ncco5)cnc34)cc(F)c2F)N=C(N)S[C@@]2(C(N)=O)C[C@H]21. The lowest BCUT2D eigenvalue weighted by atomic mass is 9.85. The number of oxazole rings is 1. The summed E-state index contributed by atoms with van der Waals surface area (Å²) in [7, 11) is 0. The highest BCUT2D eigenvalue weighted by atomic mass is 32.2. The minimum atomic E-state index is -1.30. The molecule has 1 fully saturated rings. The molecule has 1 aliphatic carbocycles. The molecule has 11 nitrogen and oxygen atoms in total. The summed E-state index contributed by atoms with van der Waals surface area (Å²) in [5.41, 5.74) is 11.3. The molecule has 3 atom stereocenters. The zero-order chi connectivity index (χ0) is 26.7. The molecule has 1 amide bonds. The van der Waals surface area contributed by atoms with Crippen molar-refractivity contribution in [2.45, 2.75) is 30.2 Å². The van der Waals surface area contributed by atoms with Crippen LogP contribution in [0.3, 0.4) is 0 Å². The number of carbonyl (C=O) groups is 1. The van der Waals surface area contributed by atoms with E-state index in [9.17, 15) is 9.18 Å². The average molecular weight is 539 g/mol. The second-order valence-corrected chi connectivity index (χ2v) is 10.5. The molecule has 194 valence electrons. The predicted molar refractivity (Wildman–Crippen MR) is 134 cm³/mol. The van der Waals surface area contributed by atoms with Gasteiger partial charge in [0, 0.05) is 29.3 Å². The van der Waals surface area contributed by atoms with Gasteiger partial charge in [0.2, 0.25) is 11.8 Å². The number of amidine groups is 1. The Bertz CT molecular complexity index is 1620. The van der Waals surface area contributed by atoms with Gasteiger partial charge in [-0.15, -0.1) is 0 Å². The molecule has 1 aromatic carbocycles. The van der Waals surface area contributed by atoms with Gasteiger partial charge in [0.25, 0.3) is 0 Å². The van der Waals surface area contributed by atoms with Crippen molar-refractivity contribution < 1.29 is 22.7 Å². The van der Waals surface area contributed by atoms with Crippen molar-refractivity contribution in [2.24, 2.45) is 22.4 Å². The first kappa shape index (κ1) is 24.0. The number of aliphatic imine (C=N–C) groups is 1. The monoisotopic (exact) mass is 538 g/mol. The Morgan fingerprint density at radius 1 is 1.26 bits per heavy atom. The van der Waals surface area contributed by atoms with Gasteiger partial charge < -0.3 is 25.9 Å². The van der Waals surface area contributed by atoms with Gasteiger partial charge in [-0.2, -0.15) is 0 Å². The maximum atomic E-state index is 15.2. The second kappa shape index (κ2) is 8.62. The van der Waals surface area contributed by atoms with Crippen LogP contribution in [-0.2, 0) is 16.9 Å². The van der Waals surface area contributed by atoms with E-state index in [0.29, 0.717) is 29.1 Å². The molecule has 0 spiro atoms. The van der Waals surface area contributed by atoms with Crippen molar-refractivity contribution >= 4 is 45.4 Å². The number of carbonyl (C=O) groups excluding carboxylic acids is 1. The van der Waals surface area contributed by atoms with Crippen LogP contribution in [0.2, 0.25) is 0 Å². The van der Waals surface area contributed by atoms with Crippen molar-refractivity contribution in [1.29, 1.82) is 0 Å². The van der Waals surface area contributed by atoms with Gasteiger partial charge in [-0.25, -0.2) is 28.7 Å². The third-order valence-electron chi connectivity index (χ3n) is 6.77. The maximum Gasteiger partial charge on any atom is 0.234 e. The van der Waals surface area contributed by atoms with Crippen LogP contribution in [-0.4, -0.2) is 35.8 Å². The number of anilines is 2. The van der Waals surface area contributed by atoms with E-state index in [2.05, 4.69) is 30.2 Å². The van der Waals surface area contributed by atoms with Crippen molar-refractivity contribution in [3.8, 4) is 5.75 Å². The summed E-state index contributed by atoms with van der Waals surface area (Å²) in [6.45, 7) is 1.73. The summed E-state index contributed by atoms with van der Waals surface area (Å²) in [5.74, 6) is -2.09. The van der Waals surface area contributed by atoms with Gasteiger partial charge in [0.1, 0.15) is 28.6 Å². The quantitative estimate of drug-likeness (QED) is 0.318. The van der Waals surface area contributed by atoms with E-state index in [0.717, 1.165) is 17.8 Å². The van der Waals surface area contributed by atoms with Crippen LogP contribution in [0, 0.1) is 17.6 Å².